The second-order valence-corrected chi connectivity index (χ2v) is 0.930. The molecule has 0 aromatic carbocycles. The van der Waals surface area contributed by atoms with Crippen molar-refractivity contribution in [2.45, 2.75) is 41.0 Å². The number of methoxy groups -OCH3 is 1. The van der Waals surface area contributed by atoms with E-state index >= 15 is 0 Å². The first kappa shape index (κ1) is 16.2. The predicted molar refractivity (Wildman–Crippen MR) is 45.0 cm³/mol. The molecule has 0 aliphatic heterocycles. The maximum absolute atomic E-state index is 9.96. The summed E-state index contributed by atoms with van der Waals surface area (Å²) in [5, 5.41) is 0. The van der Waals surface area contributed by atoms with Crippen molar-refractivity contribution < 1.29 is 9.53 Å². The molecule has 0 amide bonds. The molecule has 0 bridgehead atoms. The lowest BCUT2D eigenvalue weighted by atomic mass is 10.5. The Balaban J connectivity index is -0.000000105. The normalized spacial score (nSPS) is 5.80. The third kappa shape index (κ3) is 26.0. The molecule has 0 spiro atoms. The molecule has 0 atom stereocenters. The van der Waals surface area contributed by atoms with Crippen LogP contribution in [0.15, 0.2) is 0 Å². The first-order valence-corrected chi connectivity index (χ1v) is 3.88. The van der Waals surface area contributed by atoms with Crippen molar-refractivity contribution in [1.29, 1.82) is 0 Å². The fourth-order valence-corrected chi connectivity index (χ4v) is 0.144. The second-order valence-electron chi connectivity index (χ2n) is 0.930. The maximum Gasteiger partial charge on any atom is 0.305 e. The molecular weight excluding hydrogens is 128 g/mol. The molecule has 10 heavy (non-hydrogen) atoms. The van der Waals surface area contributed by atoms with Gasteiger partial charge in [-0.15, -0.1) is 0 Å². The lowest BCUT2D eigenvalue weighted by Gasteiger charge is -1.87. The summed E-state index contributed by atoms with van der Waals surface area (Å²) in [6.07, 6.45) is 0.469. The Bertz CT molecular complexity index is 45.2. The molecule has 0 radical (unpaired) electrons. The monoisotopic (exact) mass is 148 g/mol. The molecule has 0 aromatic heterocycles. The van der Waals surface area contributed by atoms with Gasteiger partial charge in [0.05, 0.1) is 7.11 Å². The molecule has 0 N–H and O–H groups in total. The zero-order valence-corrected chi connectivity index (χ0v) is 8.02. The lowest BCUT2D eigenvalue weighted by molar-refractivity contribution is -0.140. The Morgan fingerprint density at radius 2 is 1.50 bits per heavy atom. The Morgan fingerprint density at radius 3 is 1.50 bits per heavy atom. The third-order valence-corrected chi connectivity index (χ3v) is 0.516. The van der Waals surface area contributed by atoms with E-state index in [4.69, 9.17) is 0 Å². The molecule has 0 unspecified atom stereocenters. The topological polar surface area (TPSA) is 26.3 Å². The van der Waals surface area contributed by atoms with Gasteiger partial charge in [-0.2, -0.15) is 0 Å². The minimum absolute atomic E-state index is 0.157. The molecule has 0 aliphatic carbocycles. The molecule has 64 valence electrons. The standard InChI is InChI=1S/C4H8O2.2C2H6/c1-3-4(5)6-2;2*1-2/h3H2,1-2H3;2*1-2H3. The molecule has 2 heteroatoms. The zero-order chi connectivity index (χ0) is 8.99. The Labute approximate surface area is 64.6 Å². The van der Waals surface area contributed by atoms with Crippen molar-refractivity contribution in [1.82, 2.24) is 0 Å². The Kier molecular flexibility index (Phi) is 38.4. The highest BCUT2D eigenvalue weighted by Gasteiger charge is 1.87. The first-order valence-electron chi connectivity index (χ1n) is 3.88. The van der Waals surface area contributed by atoms with Gasteiger partial charge in [-0.05, 0) is 0 Å². The average molecular weight is 148 g/mol. The van der Waals surface area contributed by atoms with Gasteiger partial charge in [-0.3, -0.25) is 4.79 Å². The maximum atomic E-state index is 9.96. The summed E-state index contributed by atoms with van der Waals surface area (Å²) < 4.78 is 4.26. The molecule has 0 aliphatic rings. The molecule has 0 saturated heterocycles. The highest BCUT2D eigenvalue weighted by molar-refractivity contribution is 5.68. The summed E-state index contributed by atoms with van der Waals surface area (Å²) in [5.74, 6) is -0.157. The summed E-state index contributed by atoms with van der Waals surface area (Å²) in [4.78, 5) is 9.96. The predicted octanol–water partition coefficient (Wildman–Crippen LogP) is 2.62. The van der Waals surface area contributed by atoms with Gasteiger partial charge in [0.1, 0.15) is 0 Å². The molecule has 0 saturated carbocycles. The highest BCUT2D eigenvalue weighted by atomic mass is 16.5. The van der Waals surface area contributed by atoms with Gasteiger partial charge in [0.15, 0.2) is 0 Å². The van der Waals surface area contributed by atoms with E-state index in [2.05, 4.69) is 4.74 Å². The van der Waals surface area contributed by atoms with Crippen LogP contribution in [-0.2, 0) is 9.53 Å². The van der Waals surface area contributed by atoms with Crippen LogP contribution in [0.25, 0.3) is 0 Å². The van der Waals surface area contributed by atoms with Crippen LogP contribution >= 0.6 is 0 Å². The van der Waals surface area contributed by atoms with Gasteiger partial charge < -0.3 is 4.74 Å². The number of esters is 1. The van der Waals surface area contributed by atoms with Crippen LogP contribution in [0.5, 0.6) is 0 Å². The van der Waals surface area contributed by atoms with Crippen LogP contribution in [0.3, 0.4) is 0 Å². The third-order valence-electron chi connectivity index (χ3n) is 0.516. The molecule has 0 rings (SSSR count). The van der Waals surface area contributed by atoms with E-state index in [9.17, 15) is 4.79 Å². The number of carbonyl (C=O) groups is 1. The van der Waals surface area contributed by atoms with Crippen molar-refractivity contribution in [3.63, 3.8) is 0 Å². The van der Waals surface area contributed by atoms with Crippen LogP contribution < -0.4 is 0 Å². The fraction of sp³-hybridized carbons (Fsp3) is 0.875. The lowest BCUT2D eigenvalue weighted by Crippen LogP contribution is -1.94. The summed E-state index contributed by atoms with van der Waals surface area (Å²) in [6, 6.07) is 0. The number of hydrogen-bond acceptors (Lipinski definition) is 2. The summed E-state index contributed by atoms with van der Waals surface area (Å²) in [6.45, 7) is 9.76. The number of rotatable bonds is 1. The molecule has 0 aromatic rings. The van der Waals surface area contributed by atoms with Crippen molar-refractivity contribution in [2.24, 2.45) is 0 Å². The van der Waals surface area contributed by atoms with E-state index in [1.165, 1.54) is 7.11 Å². The van der Waals surface area contributed by atoms with Crippen LogP contribution in [0.1, 0.15) is 41.0 Å². The molecule has 0 fully saturated rings. The van der Waals surface area contributed by atoms with E-state index in [1.54, 1.807) is 6.92 Å². The Morgan fingerprint density at radius 1 is 1.20 bits per heavy atom. The quantitative estimate of drug-likeness (QED) is 0.534. The largest absolute Gasteiger partial charge is 0.469 e. The van der Waals surface area contributed by atoms with E-state index in [0.717, 1.165) is 0 Å². The SMILES string of the molecule is CC.CC.CCC(=O)OC. The van der Waals surface area contributed by atoms with Crippen molar-refractivity contribution in [2.75, 3.05) is 7.11 Å². The van der Waals surface area contributed by atoms with Gasteiger partial charge in [-0.1, -0.05) is 34.6 Å². The average Bonchev–Trinajstić information content (AvgIpc) is 2.10. The van der Waals surface area contributed by atoms with Crippen LogP contribution in [-0.4, -0.2) is 13.1 Å². The number of ether oxygens (including phenoxy) is 1. The highest BCUT2D eigenvalue weighted by Crippen LogP contribution is 1.76. The van der Waals surface area contributed by atoms with Crippen molar-refractivity contribution in [3.05, 3.63) is 0 Å². The van der Waals surface area contributed by atoms with Crippen LogP contribution in [0.2, 0.25) is 0 Å². The van der Waals surface area contributed by atoms with E-state index in [-0.39, 0.29) is 5.97 Å². The second kappa shape index (κ2) is 23.7. The van der Waals surface area contributed by atoms with Crippen LogP contribution in [0, 0.1) is 0 Å². The van der Waals surface area contributed by atoms with Crippen molar-refractivity contribution in [3.8, 4) is 0 Å². The minimum Gasteiger partial charge on any atom is -0.469 e. The van der Waals surface area contributed by atoms with Crippen LogP contribution in [0.4, 0.5) is 0 Å². The van der Waals surface area contributed by atoms with Gasteiger partial charge >= 0.3 is 5.97 Å². The number of carbonyl (C=O) groups excluding carboxylic acids is 1. The summed E-state index contributed by atoms with van der Waals surface area (Å²) in [5.41, 5.74) is 0. The number of hydrogen-bond donors (Lipinski definition) is 0. The van der Waals surface area contributed by atoms with E-state index in [0.29, 0.717) is 6.42 Å². The summed E-state index contributed by atoms with van der Waals surface area (Å²) >= 11 is 0. The Hall–Kier alpha value is -0.530. The fourth-order valence-electron chi connectivity index (χ4n) is 0.144. The smallest absolute Gasteiger partial charge is 0.305 e. The van der Waals surface area contributed by atoms with Gasteiger partial charge in [0.2, 0.25) is 0 Å². The molecular formula is C8H20O2. The van der Waals surface area contributed by atoms with Gasteiger partial charge in [0.25, 0.3) is 0 Å². The molecule has 0 heterocycles. The summed E-state index contributed by atoms with van der Waals surface area (Å²) in [7, 11) is 1.38. The minimum atomic E-state index is -0.157. The zero-order valence-electron chi connectivity index (χ0n) is 8.02. The van der Waals surface area contributed by atoms with Gasteiger partial charge in [0, 0.05) is 6.42 Å². The van der Waals surface area contributed by atoms with Gasteiger partial charge in [-0.25, -0.2) is 0 Å². The first-order chi connectivity index (χ1) is 4.81. The van der Waals surface area contributed by atoms with Crippen molar-refractivity contribution >= 4 is 5.97 Å². The molecule has 2 nitrogen and oxygen atoms in total. The van der Waals surface area contributed by atoms with E-state index < -0.39 is 0 Å². The van der Waals surface area contributed by atoms with E-state index in [1.807, 2.05) is 27.7 Å².